The molecule has 5 heteroatoms. The first-order chi connectivity index (χ1) is 8.58. The summed E-state index contributed by atoms with van der Waals surface area (Å²) in [5, 5.41) is 12.5. The van der Waals surface area contributed by atoms with E-state index in [2.05, 4.69) is 12.2 Å². The third kappa shape index (κ3) is 4.20. The van der Waals surface area contributed by atoms with Crippen LogP contribution in [-0.2, 0) is 0 Å². The quantitative estimate of drug-likeness (QED) is 0.741. The van der Waals surface area contributed by atoms with Crippen molar-refractivity contribution < 1.29 is 9.90 Å². The molecule has 0 saturated heterocycles. The number of nitrogens with two attached hydrogens (primary N) is 1. The van der Waals surface area contributed by atoms with E-state index < -0.39 is 0 Å². The smallest absolute Gasteiger partial charge is 0.252 e. The molecule has 1 amide bonds. The average molecular weight is 271 g/mol. The molecule has 1 aromatic rings. The second-order valence-electron chi connectivity index (χ2n) is 4.23. The zero-order chi connectivity index (χ0) is 13.5. The molecular weight excluding hydrogens is 252 g/mol. The molecule has 1 atom stereocenters. The molecule has 0 bridgehead atoms. The minimum atomic E-state index is -0.272. The number of aromatic hydroxyl groups is 1. The Bertz CT molecular complexity index is 410. The third-order valence-electron chi connectivity index (χ3n) is 2.90. The van der Waals surface area contributed by atoms with Gasteiger partial charge in [-0.1, -0.05) is 24.9 Å². The van der Waals surface area contributed by atoms with Crippen LogP contribution in [0.15, 0.2) is 18.2 Å². The van der Waals surface area contributed by atoms with E-state index in [1.165, 1.54) is 18.2 Å². The fourth-order valence-electron chi connectivity index (χ4n) is 1.71. The number of benzene rings is 1. The van der Waals surface area contributed by atoms with Crippen LogP contribution in [0, 0.1) is 5.92 Å². The van der Waals surface area contributed by atoms with Crippen LogP contribution in [0.1, 0.15) is 30.1 Å². The van der Waals surface area contributed by atoms with E-state index in [0.29, 0.717) is 29.6 Å². The summed E-state index contributed by atoms with van der Waals surface area (Å²) >= 11 is 5.91. The molecule has 100 valence electrons. The highest BCUT2D eigenvalue weighted by atomic mass is 35.5. The average Bonchev–Trinajstić information content (AvgIpc) is 2.37. The van der Waals surface area contributed by atoms with Gasteiger partial charge in [0, 0.05) is 6.54 Å². The maximum Gasteiger partial charge on any atom is 0.252 e. The molecule has 0 aliphatic rings. The number of carbonyl (C=O) groups is 1. The number of carbonyl (C=O) groups excluding carboxylic acids is 1. The first-order valence-corrected chi connectivity index (χ1v) is 6.43. The molecular formula is C13H19ClN2O2. The van der Waals surface area contributed by atoms with Crippen molar-refractivity contribution >= 4 is 17.5 Å². The maximum atomic E-state index is 11.9. The number of phenolic OH excluding ortho intramolecular Hbond substituents is 1. The third-order valence-corrected chi connectivity index (χ3v) is 3.23. The van der Waals surface area contributed by atoms with Gasteiger partial charge in [0.25, 0.3) is 5.91 Å². The minimum absolute atomic E-state index is 0.0264. The van der Waals surface area contributed by atoms with Gasteiger partial charge in [-0.2, -0.15) is 0 Å². The van der Waals surface area contributed by atoms with Crippen molar-refractivity contribution in [2.75, 3.05) is 13.1 Å². The number of amides is 1. The number of phenols is 1. The lowest BCUT2D eigenvalue weighted by molar-refractivity contribution is 0.0946. The summed E-state index contributed by atoms with van der Waals surface area (Å²) in [6.07, 6.45) is 1.84. The van der Waals surface area contributed by atoms with Gasteiger partial charge in [-0.15, -0.1) is 0 Å². The van der Waals surface area contributed by atoms with E-state index >= 15 is 0 Å². The molecule has 0 spiro atoms. The summed E-state index contributed by atoms with van der Waals surface area (Å²) < 4.78 is 0. The summed E-state index contributed by atoms with van der Waals surface area (Å²) in [5.41, 5.74) is 5.79. The molecule has 18 heavy (non-hydrogen) atoms. The van der Waals surface area contributed by atoms with Gasteiger partial charge in [-0.3, -0.25) is 4.79 Å². The van der Waals surface area contributed by atoms with Gasteiger partial charge >= 0.3 is 0 Å². The second-order valence-corrected chi connectivity index (χ2v) is 4.63. The van der Waals surface area contributed by atoms with Gasteiger partial charge in [0.15, 0.2) is 0 Å². The van der Waals surface area contributed by atoms with Crippen LogP contribution in [0.4, 0.5) is 0 Å². The van der Waals surface area contributed by atoms with Crippen molar-refractivity contribution in [1.82, 2.24) is 5.32 Å². The highest BCUT2D eigenvalue weighted by molar-refractivity contribution is 6.33. The largest absolute Gasteiger partial charge is 0.508 e. The molecule has 0 aliphatic heterocycles. The Morgan fingerprint density at radius 2 is 2.28 bits per heavy atom. The van der Waals surface area contributed by atoms with Gasteiger partial charge in [0.2, 0.25) is 0 Å². The Kier molecular flexibility index (Phi) is 5.95. The van der Waals surface area contributed by atoms with Crippen molar-refractivity contribution in [3.63, 3.8) is 0 Å². The lowest BCUT2D eigenvalue weighted by Crippen LogP contribution is -2.30. The van der Waals surface area contributed by atoms with Crippen molar-refractivity contribution in [2.24, 2.45) is 11.7 Å². The monoisotopic (exact) mass is 270 g/mol. The predicted molar refractivity (Wildman–Crippen MR) is 72.9 cm³/mol. The molecule has 0 fully saturated rings. The zero-order valence-corrected chi connectivity index (χ0v) is 11.2. The van der Waals surface area contributed by atoms with Gasteiger partial charge in [-0.05, 0) is 37.1 Å². The Labute approximate surface area is 112 Å². The van der Waals surface area contributed by atoms with Gasteiger partial charge < -0.3 is 16.2 Å². The molecule has 4 N–H and O–H groups in total. The normalized spacial score (nSPS) is 12.2. The summed E-state index contributed by atoms with van der Waals surface area (Å²) in [6.45, 7) is 3.24. The van der Waals surface area contributed by atoms with E-state index in [0.717, 1.165) is 12.8 Å². The Morgan fingerprint density at radius 3 is 2.89 bits per heavy atom. The lowest BCUT2D eigenvalue weighted by atomic mass is 10.0. The number of nitrogens with one attached hydrogen (secondary N) is 1. The van der Waals surface area contributed by atoms with E-state index in [4.69, 9.17) is 17.3 Å². The van der Waals surface area contributed by atoms with E-state index in [-0.39, 0.29) is 11.7 Å². The van der Waals surface area contributed by atoms with Crippen LogP contribution in [-0.4, -0.2) is 24.1 Å². The summed E-state index contributed by atoms with van der Waals surface area (Å²) in [6, 6.07) is 4.31. The number of hydrogen-bond acceptors (Lipinski definition) is 3. The number of hydrogen-bond donors (Lipinski definition) is 3. The molecule has 0 aromatic heterocycles. The highest BCUT2D eigenvalue weighted by Gasteiger charge is 2.13. The lowest BCUT2D eigenvalue weighted by Gasteiger charge is -2.15. The zero-order valence-electron chi connectivity index (χ0n) is 10.4. The van der Waals surface area contributed by atoms with E-state index in [1.807, 2.05) is 0 Å². The summed E-state index contributed by atoms with van der Waals surface area (Å²) in [5.74, 6) is 0.125. The Hall–Kier alpha value is -1.26. The van der Waals surface area contributed by atoms with Crippen LogP contribution >= 0.6 is 11.6 Å². The van der Waals surface area contributed by atoms with E-state index in [1.54, 1.807) is 0 Å². The van der Waals surface area contributed by atoms with Crippen molar-refractivity contribution in [3.05, 3.63) is 28.8 Å². The molecule has 0 aliphatic carbocycles. The molecule has 1 rings (SSSR count). The van der Waals surface area contributed by atoms with Crippen molar-refractivity contribution in [1.29, 1.82) is 0 Å². The van der Waals surface area contributed by atoms with Gasteiger partial charge in [0.05, 0.1) is 10.6 Å². The van der Waals surface area contributed by atoms with Crippen molar-refractivity contribution in [3.8, 4) is 5.75 Å². The summed E-state index contributed by atoms with van der Waals surface area (Å²) in [7, 11) is 0. The van der Waals surface area contributed by atoms with Gasteiger partial charge in [-0.25, -0.2) is 0 Å². The van der Waals surface area contributed by atoms with Crippen LogP contribution in [0.5, 0.6) is 5.75 Å². The second kappa shape index (κ2) is 7.24. The highest BCUT2D eigenvalue weighted by Crippen LogP contribution is 2.21. The maximum absolute atomic E-state index is 11.9. The molecule has 1 aromatic carbocycles. The molecule has 4 nitrogen and oxygen atoms in total. The fourth-order valence-corrected chi connectivity index (χ4v) is 1.91. The van der Waals surface area contributed by atoms with Gasteiger partial charge in [0.1, 0.15) is 5.75 Å². The number of halogens is 1. The number of rotatable bonds is 6. The SMILES string of the molecule is CCC(CCN)CNC(=O)c1cc(O)ccc1Cl. The first-order valence-electron chi connectivity index (χ1n) is 6.05. The molecule has 0 radical (unpaired) electrons. The Morgan fingerprint density at radius 1 is 1.56 bits per heavy atom. The molecule has 0 saturated carbocycles. The molecule has 1 unspecified atom stereocenters. The first kappa shape index (κ1) is 14.8. The molecule has 0 heterocycles. The summed E-state index contributed by atoms with van der Waals surface area (Å²) in [4.78, 5) is 11.9. The van der Waals surface area contributed by atoms with Crippen LogP contribution < -0.4 is 11.1 Å². The Balaban J connectivity index is 2.62. The van der Waals surface area contributed by atoms with Crippen LogP contribution in [0.2, 0.25) is 5.02 Å². The van der Waals surface area contributed by atoms with Crippen LogP contribution in [0.3, 0.4) is 0 Å². The minimum Gasteiger partial charge on any atom is -0.508 e. The van der Waals surface area contributed by atoms with Crippen molar-refractivity contribution in [2.45, 2.75) is 19.8 Å². The standard InChI is InChI=1S/C13H19ClN2O2/c1-2-9(5-6-15)8-16-13(18)11-7-10(17)3-4-12(11)14/h3-4,7,9,17H,2,5-6,8,15H2,1H3,(H,16,18). The van der Waals surface area contributed by atoms with Crippen LogP contribution in [0.25, 0.3) is 0 Å². The van der Waals surface area contributed by atoms with E-state index in [9.17, 15) is 9.90 Å². The fraction of sp³-hybridized carbons (Fsp3) is 0.462. The topological polar surface area (TPSA) is 75.3 Å². The predicted octanol–water partition coefficient (Wildman–Crippen LogP) is 2.15.